The second kappa shape index (κ2) is 15.9. The molecule has 0 spiro atoms. The van der Waals surface area contributed by atoms with Gasteiger partial charge in [-0.3, -0.25) is 0 Å². The first kappa shape index (κ1) is 36.8. The van der Waals surface area contributed by atoms with Crippen molar-refractivity contribution >= 4 is 18.0 Å². The average Bonchev–Trinajstić information content (AvgIpc) is 3.05. The number of phenolic OH excluding ortho intramolecular Hbond substituents is 2. The number of aliphatic hydroxyl groups is 8. The van der Waals surface area contributed by atoms with Crippen LogP contribution in [0.25, 0.3) is 6.08 Å². The van der Waals surface area contributed by atoms with Crippen molar-refractivity contribution in [3.8, 4) is 23.0 Å². The molecule has 264 valence electrons. The summed E-state index contributed by atoms with van der Waals surface area (Å²) in [4.78, 5) is 24.2. The topological polar surface area (TPSA) is 303 Å². The number of rotatable bonds is 12. The summed E-state index contributed by atoms with van der Waals surface area (Å²) in [5, 5.41) is 109. The van der Waals surface area contributed by atoms with E-state index in [4.69, 9.17) is 23.7 Å². The third-order valence-corrected chi connectivity index (χ3v) is 7.56. The Labute approximate surface area is 271 Å². The van der Waals surface area contributed by atoms with E-state index >= 15 is 0 Å². The minimum atomic E-state index is -1.74. The predicted octanol–water partition coefficient (Wildman–Crippen LogP) is -3.29. The molecule has 0 bridgehead atoms. The van der Waals surface area contributed by atoms with Crippen molar-refractivity contribution in [3.63, 3.8) is 0 Å². The highest BCUT2D eigenvalue weighted by Gasteiger charge is 2.46. The number of aliphatic carboxylic acids is 1. The van der Waals surface area contributed by atoms with E-state index < -0.39 is 111 Å². The van der Waals surface area contributed by atoms with Gasteiger partial charge in [-0.1, -0.05) is 12.1 Å². The molecule has 0 saturated carbocycles. The highest BCUT2D eigenvalue weighted by atomic mass is 16.7. The predicted molar refractivity (Wildman–Crippen MR) is 155 cm³/mol. The summed E-state index contributed by atoms with van der Waals surface area (Å²) < 4.78 is 26.3. The number of carbonyl (C=O) groups is 2. The molecule has 18 heteroatoms. The lowest BCUT2D eigenvalue weighted by atomic mass is 9.99. The molecule has 18 nitrogen and oxygen atoms in total. The molecule has 2 fully saturated rings. The Hall–Kier alpha value is -4.08. The first-order valence-electron chi connectivity index (χ1n) is 14.4. The maximum absolute atomic E-state index is 12.4. The number of phenols is 2. The molecule has 4 rings (SSSR count). The van der Waals surface area contributed by atoms with Crippen LogP contribution < -0.4 is 9.47 Å². The van der Waals surface area contributed by atoms with E-state index in [9.17, 15) is 65.8 Å². The Kier molecular flexibility index (Phi) is 12.2. The number of aromatic hydroxyl groups is 2. The third-order valence-electron chi connectivity index (χ3n) is 7.56. The largest absolute Gasteiger partial charge is 0.504 e. The molecular weight excluding hydrogens is 648 g/mol. The molecule has 0 aromatic heterocycles. The van der Waals surface area contributed by atoms with Crippen LogP contribution in [0.5, 0.6) is 23.0 Å². The normalized spacial score (nSPS) is 31.2. The number of carboxylic acid groups (broad SMARTS) is 1. The first-order chi connectivity index (χ1) is 22.7. The molecule has 0 amide bonds. The zero-order chi connectivity index (χ0) is 35.3. The average molecular weight is 685 g/mol. The highest BCUT2D eigenvalue weighted by Crippen LogP contribution is 2.33. The molecule has 2 aliphatic heterocycles. The van der Waals surface area contributed by atoms with E-state index in [1.165, 1.54) is 30.3 Å². The summed E-state index contributed by atoms with van der Waals surface area (Å²) in [5.74, 6) is -4.05. The summed E-state index contributed by atoms with van der Waals surface area (Å²) in [6.07, 6.45) is -15.7. The van der Waals surface area contributed by atoms with Crippen LogP contribution in [-0.2, 0) is 30.2 Å². The van der Waals surface area contributed by atoms with Crippen LogP contribution in [-0.4, -0.2) is 149 Å². The number of carboxylic acids is 1. The molecule has 0 unspecified atom stereocenters. The summed E-state index contributed by atoms with van der Waals surface area (Å²) in [6, 6.07) is 7.39. The number of aliphatic hydroxyl groups excluding tert-OH is 8. The van der Waals surface area contributed by atoms with Crippen LogP contribution in [0.2, 0.25) is 0 Å². The maximum Gasteiger partial charge on any atom is 0.345 e. The number of hydrogen-bond donors (Lipinski definition) is 11. The van der Waals surface area contributed by atoms with E-state index in [2.05, 4.69) is 0 Å². The number of carbonyl (C=O) groups excluding carboxylic acids is 1. The molecule has 2 saturated heterocycles. The maximum atomic E-state index is 12.4. The highest BCUT2D eigenvalue weighted by molar-refractivity contribution is 5.89. The van der Waals surface area contributed by atoms with Crippen molar-refractivity contribution in [2.24, 2.45) is 0 Å². The molecule has 48 heavy (non-hydrogen) atoms. The molecule has 2 aromatic carbocycles. The molecular formula is C30H36O18. The van der Waals surface area contributed by atoms with Crippen molar-refractivity contribution in [1.82, 2.24) is 0 Å². The fraction of sp³-hybridized carbons (Fsp3) is 0.467. The van der Waals surface area contributed by atoms with Gasteiger partial charge < -0.3 is 79.9 Å². The molecule has 2 aliphatic rings. The molecule has 0 aliphatic carbocycles. The molecule has 11 atom stereocenters. The van der Waals surface area contributed by atoms with Crippen LogP contribution in [0.1, 0.15) is 11.1 Å². The van der Waals surface area contributed by atoms with Crippen molar-refractivity contribution in [1.29, 1.82) is 0 Å². The first-order valence-corrected chi connectivity index (χ1v) is 14.4. The standard InChI is InChI=1S/C30H36O18/c31-10-19-22(36)24(38)26(40)29(47-19)45-16-4-1-12(7-14(16)33)3-6-21(35)44-18(28(42)43)9-13-2-5-17(15(34)8-13)46-30-27(41)25(39)23(37)20(11-32)48-30/h1-8,18-20,22-27,29-34,36-41H,9-11H2,(H,42,43)/t18-,19+,20+,22+,23+,24-,25-,26+,27+,29+,30+/m0/s1. The number of benzene rings is 2. The zero-order valence-electron chi connectivity index (χ0n) is 24.9. The molecule has 11 N–H and O–H groups in total. The minimum Gasteiger partial charge on any atom is -0.504 e. The van der Waals surface area contributed by atoms with Gasteiger partial charge in [0.25, 0.3) is 0 Å². The van der Waals surface area contributed by atoms with E-state index in [0.717, 1.165) is 18.2 Å². The second-order valence-corrected chi connectivity index (χ2v) is 11.0. The lowest BCUT2D eigenvalue weighted by Gasteiger charge is -2.39. The Balaban J connectivity index is 1.35. The summed E-state index contributed by atoms with van der Waals surface area (Å²) in [6.45, 7) is -1.38. The molecule has 0 radical (unpaired) electrons. The number of hydrogen-bond acceptors (Lipinski definition) is 17. The smallest absolute Gasteiger partial charge is 0.345 e. The Morgan fingerprint density at radius 1 is 0.729 bits per heavy atom. The van der Waals surface area contributed by atoms with Gasteiger partial charge in [0, 0.05) is 12.5 Å². The Morgan fingerprint density at radius 2 is 1.23 bits per heavy atom. The van der Waals surface area contributed by atoms with Gasteiger partial charge in [-0.15, -0.1) is 0 Å². The van der Waals surface area contributed by atoms with E-state index in [0.29, 0.717) is 0 Å². The van der Waals surface area contributed by atoms with Crippen LogP contribution in [0.15, 0.2) is 42.5 Å². The van der Waals surface area contributed by atoms with E-state index in [-0.39, 0.29) is 22.6 Å². The van der Waals surface area contributed by atoms with Gasteiger partial charge in [0.15, 0.2) is 23.0 Å². The van der Waals surface area contributed by atoms with Crippen LogP contribution >= 0.6 is 0 Å². The molecule has 2 aromatic rings. The minimum absolute atomic E-state index is 0.192. The van der Waals surface area contributed by atoms with Gasteiger partial charge in [-0.2, -0.15) is 0 Å². The second-order valence-electron chi connectivity index (χ2n) is 11.0. The van der Waals surface area contributed by atoms with Gasteiger partial charge in [0.05, 0.1) is 13.2 Å². The number of esters is 1. The Bertz CT molecular complexity index is 1440. The van der Waals surface area contributed by atoms with Gasteiger partial charge >= 0.3 is 11.9 Å². The van der Waals surface area contributed by atoms with Gasteiger partial charge in [-0.05, 0) is 41.5 Å². The van der Waals surface area contributed by atoms with E-state index in [1.807, 2.05) is 0 Å². The van der Waals surface area contributed by atoms with Gasteiger partial charge in [-0.25, -0.2) is 9.59 Å². The lowest BCUT2D eigenvalue weighted by molar-refractivity contribution is -0.277. The van der Waals surface area contributed by atoms with E-state index in [1.54, 1.807) is 0 Å². The van der Waals surface area contributed by atoms with Crippen molar-refractivity contribution in [2.75, 3.05) is 13.2 Å². The van der Waals surface area contributed by atoms with Crippen molar-refractivity contribution in [3.05, 3.63) is 53.6 Å². The Morgan fingerprint density at radius 3 is 1.69 bits per heavy atom. The quantitative estimate of drug-likeness (QED) is 0.0771. The number of ether oxygens (including phenoxy) is 5. The lowest BCUT2D eigenvalue weighted by Crippen LogP contribution is -2.60. The van der Waals surface area contributed by atoms with Crippen LogP contribution in [0.4, 0.5) is 0 Å². The van der Waals surface area contributed by atoms with Crippen LogP contribution in [0, 0.1) is 0 Å². The third kappa shape index (κ3) is 8.49. The van der Waals surface area contributed by atoms with Crippen molar-refractivity contribution in [2.45, 2.75) is 73.9 Å². The SMILES string of the molecule is O=C(C=Cc1ccc(O[C@@H]2O[C@H](CO)[C@@H](O)[C@H](O)[C@H]2O)c(O)c1)O[C@@H](Cc1ccc(O[C@@H]2O[C@H](CO)[C@@H](O)[C@H](O)[C@H]2O)c(O)c1)C(=O)O. The summed E-state index contributed by atoms with van der Waals surface area (Å²) in [7, 11) is 0. The van der Waals surface area contributed by atoms with Crippen LogP contribution in [0.3, 0.4) is 0 Å². The van der Waals surface area contributed by atoms with Gasteiger partial charge in [0.1, 0.15) is 48.8 Å². The molecule has 2 heterocycles. The summed E-state index contributed by atoms with van der Waals surface area (Å²) >= 11 is 0. The fourth-order valence-corrected chi connectivity index (χ4v) is 4.84. The summed E-state index contributed by atoms with van der Waals surface area (Å²) in [5.41, 5.74) is 0.426. The van der Waals surface area contributed by atoms with Crippen molar-refractivity contribution < 1.29 is 89.4 Å². The monoisotopic (exact) mass is 684 g/mol. The zero-order valence-corrected chi connectivity index (χ0v) is 24.9. The fourth-order valence-electron chi connectivity index (χ4n) is 4.84. The van der Waals surface area contributed by atoms with Gasteiger partial charge in [0.2, 0.25) is 18.7 Å².